The Bertz CT molecular complexity index is 526. The number of aromatic nitrogens is 1. The highest BCUT2D eigenvalue weighted by Crippen LogP contribution is 2.19. The molecule has 0 aliphatic carbocycles. The van der Waals surface area contributed by atoms with Crippen LogP contribution in [0.3, 0.4) is 0 Å². The highest BCUT2D eigenvalue weighted by molar-refractivity contribution is 14.1. The molecule has 82 valence electrons. The molecule has 0 aliphatic heterocycles. The standard InChI is InChI=1S/C13H13IN2/c1-10-8-11(5-6-13(10)14)15-9-12-4-3-7-16(12)2/h3-9H,1-2H3. The second-order valence-corrected chi connectivity index (χ2v) is 4.90. The molecule has 0 saturated heterocycles. The lowest BCUT2D eigenvalue weighted by Gasteiger charge is -1.99. The van der Waals surface area contributed by atoms with E-state index in [-0.39, 0.29) is 0 Å². The lowest BCUT2D eigenvalue weighted by molar-refractivity contribution is 0.918. The number of nitrogens with zero attached hydrogens (tertiary/aromatic N) is 2. The van der Waals surface area contributed by atoms with Crippen LogP contribution < -0.4 is 0 Å². The van der Waals surface area contributed by atoms with Crippen LogP contribution in [0.25, 0.3) is 0 Å². The van der Waals surface area contributed by atoms with Crippen molar-refractivity contribution in [2.45, 2.75) is 6.92 Å². The minimum absolute atomic E-state index is 0.999. The fourth-order valence-electron chi connectivity index (χ4n) is 1.46. The highest BCUT2D eigenvalue weighted by atomic mass is 127. The van der Waals surface area contributed by atoms with Gasteiger partial charge in [0.15, 0.2) is 0 Å². The summed E-state index contributed by atoms with van der Waals surface area (Å²) in [6, 6.07) is 10.3. The van der Waals surface area contributed by atoms with Crippen LogP contribution in [-0.2, 0) is 7.05 Å². The Morgan fingerprint density at radius 1 is 1.31 bits per heavy atom. The van der Waals surface area contributed by atoms with E-state index in [9.17, 15) is 0 Å². The second kappa shape index (κ2) is 4.82. The zero-order valence-electron chi connectivity index (χ0n) is 9.31. The van der Waals surface area contributed by atoms with E-state index in [2.05, 4.69) is 46.6 Å². The molecule has 2 aromatic rings. The van der Waals surface area contributed by atoms with Crippen LogP contribution in [-0.4, -0.2) is 10.8 Å². The first-order chi connectivity index (χ1) is 7.66. The summed E-state index contributed by atoms with van der Waals surface area (Å²) < 4.78 is 3.32. The molecule has 0 amide bonds. The van der Waals surface area contributed by atoms with Crippen LogP contribution in [0.4, 0.5) is 5.69 Å². The van der Waals surface area contributed by atoms with E-state index in [1.165, 1.54) is 9.13 Å². The normalized spacial score (nSPS) is 11.2. The van der Waals surface area contributed by atoms with E-state index in [0.717, 1.165) is 11.4 Å². The molecule has 0 unspecified atom stereocenters. The summed E-state index contributed by atoms with van der Waals surface area (Å²) in [6.45, 7) is 2.10. The molecule has 2 rings (SSSR count). The van der Waals surface area contributed by atoms with Crippen molar-refractivity contribution in [1.82, 2.24) is 4.57 Å². The van der Waals surface area contributed by atoms with Crippen molar-refractivity contribution < 1.29 is 0 Å². The lowest BCUT2D eigenvalue weighted by atomic mass is 10.2. The van der Waals surface area contributed by atoms with Crippen molar-refractivity contribution >= 4 is 34.5 Å². The number of benzene rings is 1. The van der Waals surface area contributed by atoms with Gasteiger partial charge in [0.1, 0.15) is 0 Å². The molecule has 0 fully saturated rings. The molecular formula is C13H13IN2. The van der Waals surface area contributed by atoms with Gasteiger partial charge in [-0.05, 0) is 65.4 Å². The first-order valence-corrected chi connectivity index (χ1v) is 6.16. The Balaban J connectivity index is 2.24. The second-order valence-electron chi connectivity index (χ2n) is 3.74. The van der Waals surface area contributed by atoms with Crippen LogP contribution in [0.2, 0.25) is 0 Å². The molecule has 0 spiro atoms. The average molecular weight is 324 g/mol. The zero-order chi connectivity index (χ0) is 11.5. The summed E-state index contributed by atoms with van der Waals surface area (Å²) in [5.41, 5.74) is 3.37. The number of rotatable bonds is 2. The Kier molecular flexibility index (Phi) is 3.43. The van der Waals surface area contributed by atoms with Crippen molar-refractivity contribution in [1.29, 1.82) is 0 Å². The van der Waals surface area contributed by atoms with E-state index >= 15 is 0 Å². The minimum atomic E-state index is 0.999. The van der Waals surface area contributed by atoms with E-state index in [1.807, 2.05) is 42.2 Å². The number of halogens is 1. The third kappa shape index (κ3) is 2.52. The van der Waals surface area contributed by atoms with Crippen LogP contribution in [0.1, 0.15) is 11.3 Å². The molecule has 3 heteroatoms. The van der Waals surface area contributed by atoms with E-state index in [1.54, 1.807) is 0 Å². The maximum Gasteiger partial charge on any atom is 0.0633 e. The first-order valence-electron chi connectivity index (χ1n) is 5.08. The fourth-order valence-corrected chi connectivity index (χ4v) is 1.79. The Morgan fingerprint density at radius 3 is 2.75 bits per heavy atom. The topological polar surface area (TPSA) is 17.3 Å². The SMILES string of the molecule is Cc1cc(N=Cc2cccn2C)ccc1I. The van der Waals surface area contributed by atoms with E-state index in [4.69, 9.17) is 0 Å². The molecule has 0 atom stereocenters. The molecule has 0 N–H and O–H groups in total. The molecule has 1 heterocycles. The zero-order valence-corrected chi connectivity index (χ0v) is 11.5. The molecular weight excluding hydrogens is 311 g/mol. The smallest absolute Gasteiger partial charge is 0.0633 e. The fraction of sp³-hybridized carbons (Fsp3) is 0.154. The first kappa shape index (κ1) is 11.4. The lowest BCUT2D eigenvalue weighted by Crippen LogP contribution is -1.91. The van der Waals surface area contributed by atoms with Gasteiger partial charge in [-0.15, -0.1) is 0 Å². The monoisotopic (exact) mass is 324 g/mol. The summed E-state index contributed by atoms with van der Waals surface area (Å²) in [6.07, 6.45) is 3.90. The molecule has 0 bridgehead atoms. The quantitative estimate of drug-likeness (QED) is 0.592. The predicted octanol–water partition coefficient (Wildman–Crippen LogP) is 3.69. The Labute approximate surface area is 109 Å². The molecule has 1 aromatic heterocycles. The van der Waals surface area contributed by atoms with Crippen LogP contribution in [0.5, 0.6) is 0 Å². The van der Waals surface area contributed by atoms with Gasteiger partial charge < -0.3 is 4.57 Å². The van der Waals surface area contributed by atoms with Crippen LogP contribution >= 0.6 is 22.6 Å². The van der Waals surface area contributed by atoms with Gasteiger partial charge in [0.25, 0.3) is 0 Å². The molecule has 1 aromatic carbocycles. The van der Waals surface area contributed by atoms with Crippen molar-refractivity contribution in [3.8, 4) is 0 Å². The minimum Gasteiger partial charge on any atom is -0.350 e. The summed E-state index contributed by atoms with van der Waals surface area (Å²) in [5, 5.41) is 0. The predicted molar refractivity (Wildman–Crippen MR) is 76.6 cm³/mol. The number of aliphatic imine (C=N–C) groups is 1. The maximum atomic E-state index is 4.46. The molecule has 2 nitrogen and oxygen atoms in total. The van der Waals surface area contributed by atoms with Gasteiger partial charge in [0, 0.05) is 16.8 Å². The van der Waals surface area contributed by atoms with Gasteiger partial charge in [0.05, 0.1) is 17.6 Å². The van der Waals surface area contributed by atoms with Crippen molar-refractivity contribution in [3.63, 3.8) is 0 Å². The number of aryl methyl sites for hydroxylation is 2. The number of hydrogen-bond acceptors (Lipinski definition) is 1. The van der Waals surface area contributed by atoms with E-state index in [0.29, 0.717) is 0 Å². The Morgan fingerprint density at radius 2 is 2.12 bits per heavy atom. The highest BCUT2D eigenvalue weighted by Gasteiger charge is 1.96. The van der Waals surface area contributed by atoms with Gasteiger partial charge in [-0.25, -0.2) is 0 Å². The number of hydrogen-bond donors (Lipinski definition) is 0. The summed E-state index contributed by atoms with van der Waals surface area (Å²) in [4.78, 5) is 4.46. The van der Waals surface area contributed by atoms with Crippen molar-refractivity contribution in [2.24, 2.45) is 12.0 Å². The summed E-state index contributed by atoms with van der Waals surface area (Å²) >= 11 is 2.33. The van der Waals surface area contributed by atoms with Crippen molar-refractivity contribution in [3.05, 3.63) is 51.4 Å². The third-order valence-corrected chi connectivity index (χ3v) is 3.68. The maximum absolute atomic E-state index is 4.46. The van der Waals surface area contributed by atoms with Crippen molar-refractivity contribution in [2.75, 3.05) is 0 Å². The van der Waals surface area contributed by atoms with Gasteiger partial charge >= 0.3 is 0 Å². The summed E-state index contributed by atoms with van der Waals surface area (Å²) in [5.74, 6) is 0. The van der Waals surface area contributed by atoms with Gasteiger partial charge in [-0.2, -0.15) is 0 Å². The average Bonchev–Trinajstić information content (AvgIpc) is 2.66. The molecule has 0 aliphatic rings. The van der Waals surface area contributed by atoms with Crippen LogP contribution in [0.15, 0.2) is 41.5 Å². The Hall–Kier alpha value is -1.10. The largest absolute Gasteiger partial charge is 0.350 e. The summed E-state index contributed by atoms with van der Waals surface area (Å²) in [7, 11) is 2.01. The third-order valence-electron chi connectivity index (χ3n) is 2.47. The van der Waals surface area contributed by atoms with Gasteiger partial charge in [-0.3, -0.25) is 4.99 Å². The van der Waals surface area contributed by atoms with Crippen LogP contribution in [0, 0.1) is 10.5 Å². The van der Waals surface area contributed by atoms with E-state index < -0.39 is 0 Å². The van der Waals surface area contributed by atoms with Gasteiger partial charge in [0.2, 0.25) is 0 Å². The van der Waals surface area contributed by atoms with Gasteiger partial charge in [-0.1, -0.05) is 0 Å². The molecule has 0 radical (unpaired) electrons. The molecule has 0 saturated carbocycles. The molecule has 16 heavy (non-hydrogen) atoms.